The first-order valence-electron chi connectivity index (χ1n) is 8.56. The predicted octanol–water partition coefficient (Wildman–Crippen LogP) is -0.233. The monoisotopic (exact) mass is 397 g/mol. The Morgan fingerprint density at radius 3 is 2.22 bits per heavy atom. The van der Waals surface area contributed by atoms with Crippen molar-refractivity contribution < 1.29 is 27.5 Å². The number of amides is 2. The largest absolute Gasteiger partial charge is 0.497 e. The van der Waals surface area contributed by atoms with Crippen LogP contribution in [0.5, 0.6) is 11.5 Å². The average molecular weight is 397 g/mol. The number of nitrogens with zero attached hydrogens (tertiary/aromatic N) is 3. The van der Waals surface area contributed by atoms with Gasteiger partial charge in [-0.2, -0.15) is 4.31 Å². The molecule has 2 saturated heterocycles. The summed E-state index contributed by atoms with van der Waals surface area (Å²) < 4.78 is 37.9. The Hall–Kier alpha value is -2.17. The molecule has 1 atom stereocenters. The molecule has 2 amide bonds. The lowest BCUT2D eigenvalue weighted by Gasteiger charge is -2.36. The number of sulfonamides is 1. The maximum Gasteiger partial charge on any atom is 0.246 e. The lowest BCUT2D eigenvalue weighted by Crippen LogP contribution is -2.53. The van der Waals surface area contributed by atoms with Crippen molar-refractivity contribution in [2.45, 2.75) is 17.4 Å². The van der Waals surface area contributed by atoms with Crippen LogP contribution in [0.1, 0.15) is 6.42 Å². The minimum Gasteiger partial charge on any atom is -0.497 e. The SMILES string of the molecule is COc1ccc(OC)c(S(=O)(=O)N2CCN([C@H]3CC(=O)N(C)C3=O)CC2)c1. The Bertz CT molecular complexity index is 848. The third-order valence-corrected chi connectivity index (χ3v) is 6.98. The number of benzene rings is 1. The van der Waals surface area contributed by atoms with Gasteiger partial charge in [-0.25, -0.2) is 8.42 Å². The Kier molecular flexibility index (Phi) is 5.41. The molecule has 0 unspecified atom stereocenters. The van der Waals surface area contributed by atoms with E-state index in [-0.39, 0.29) is 42.0 Å². The molecule has 27 heavy (non-hydrogen) atoms. The number of methoxy groups -OCH3 is 2. The molecule has 0 N–H and O–H groups in total. The lowest BCUT2D eigenvalue weighted by molar-refractivity contribution is -0.138. The van der Waals surface area contributed by atoms with Crippen LogP contribution in [-0.4, -0.2) is 87.8 Å². The number of hydrogen-bond acceptors (Lipinski definition) is 7. The van der Waals surface area contributed by atoms with Gasteiger partial charge in [-0.3, -0.25) is 19.4 Å². The third-order valence-electron chi connectivity index (χ3n) is 5.06. The first-order chi connectivity index (χ1) is 12.8. The molecule has 0 spiro atoms. The number of piperazine rings is 1. The van der Waals surface area contributed by atoms with Gasteiger partial charge < -0.3 is 9.47 Å². The van der Waals surface area contributed by atoms with Crippen molar-refractivity contribution in [3.8, 4) is 11.5 Å². The summed E-state index contributed by atoms with van der Waals surface area (Å²) in [5.41, 5.74) is 0. The molecule has 0 saturated carbocycles. The molecule has 1 aromatic carbocycles. The number of imide groups is 1. The topological polar surface area (TPSA) is 96.5 Å². The van der Waals surface area contributed by atoms with Crippen LogP contribution in [0.2, 0.25) is 0 Å². The Morgan fingerprint density at radius 1 is 1.04 bits per heavy atom. The fraction of sp³-hybridized carbons (Fsp3) is 0.529. The predicted molar refractivity (Wildman–Crippen MR) is 96.1 cm³/mol. The minimum atomic E-state index is -3.78. The molecule has 2 heterocycles. The molecule has 0 aromatic heterocycles. The number of rotatable bonds is 5. The maximum atomic E-state index is 13.1. The molecule has 10 heteroatoms. The number of ether oxygens (including phenoxy) is 2. The summed E-state index contributed by atoms with van der Waals surface area (Å²) in [6, 6.07) is 4.13. The summed E-state index contributed by atoms with van der Waals surface area (Å²) in [4.78, 5) is 26.9. The average Bonchev–Trinajstić information content (AvgIpc) is 2.94. The second kappa shape index (κ2) is 7.45. The summed E-state index contributed by atoms with van der Waals surface area (Å²) in [7, 11) is 0.573. The summed E-state index contributed by atoms with van der Waals surface area (Å²) in [5.74, 6) is 0.231. The highest BCUT2D eigenvalue weighted by atomic mass is 32.2. The van der Waals surface area contributed by atoms with E-state index < -0.39 is 16.1 Å². The van der Waals surface area contributed by atoms with Crippen LogP contribution < -0.4 is 9.47 Å². The minimum absolute atomic E-state index is 0.0460. The Balaban J connectivity index is 1.76. The van der Waals surface area contributed by atoms with Crippen LogP contribution >= 0.6 is 0 Å². The van der Waals surface area contributed by atoms with Crippen molar-refractivity contribution in [1.29, 1.82) is 0 Å². The van der Waals surface area contributed by atoms with Crippen LogP contribution in [0.15, 0.2) is 23.1 Å². The highest BCUT2D eigenvalue weighted by molar-refractivity contribution is 7.89. The van der Waals surface area contributed by atoms with Gasteiger partial charge >= 0.3 is 0 Å². The van der Waals surface area contributed by atoms with E-state index in [9.17, 15) is 18.0 Å². The van der Waals surface area contributed by atoms with Gasteiger partial charge in [0, 0.05) is 39.3 Å². The fourth-order valence-electron chi connectivity index (χ4n) is 3.40. The lowest BCUT2D eigenvalue weighted by atomic mass is 10.2. The standard InChI is InChI=1S/C17H23N3O6S/c1-18-16(21)11-13(17(18)22)19-6-8-20(9-7-19)27(23,24)15-10-12(25-2)4-5-14(15)26-3/h4-5,10,13H,6-9,11H2,1-3H3/t13-/m0/s1. The van der Waals surface area contributed by atoms with Crippen LogP contribution in [0, 0.1) is 0 Å². The van der Waals surface area contributed by atoms with Gasteiger partial charge in [-0.15, -0.1) is 0 Å². The highest BCUT2D eigenvalue weighted by Crippen LogP contribution is 2.31. The number of likely N-dealkylation sites (tertiary alicyclic amines) is 1. The number of carbonyl (C=O) groups is 2. The number of likely N-dealkylation sites (N-methyl/N-ethyl adjacent to an activating group) is 1. The van der Waals surface area contributed by atoms with Crippen molar-refractivity contribution in [1.82, 2.24) is 14.1 Å². The van der Waals surface area contributed by atoms with Crippen LogP contribution in [0.25, 0.3) is 0 Å². The highest BCUT2D eigenvalue weighted by Gasteiger charge is 2.42. The zero-order valence-electron chi connectivity index (χ0n) is 15.5. The second-order valence-electron chi connectivity index (χ2n) is 6.47. The molecule has 148 valence electrons. The van der Waals surface area contributed by atoms with Crippen molar-refractivity contribution in [3.05, 3.63) is 18.2 Å². The smallest absolute Gasteiger partial charge is 0.246 e. The zero-order valence-corrected chi connectivity index (χ0v) is 16.4. The van der Waals surface area contributed by atoms with Gasteiger partial charge in [0.1, 0.15) is 16.4 Å². The molecular formula is C17H23N3O6S. The van der Waals surface area contributed by atoms with Crippen molar-refractivity contribution in [2.75, 3.05) is 47.4 Å². The van der Waals surface area contributed by atoms with E-state index in [1.165, 1.54) is 31.6 Å². The number of carbonyl (C=O) groups excluding carboxylic acids is 2. The zero-order chi connectivity index (χ0) is 19.8. The summed E-state index contributed by atoms with van der Waals surface area (Å²) in [5, 5.41) is 0. The van der Waals surface area contributed by atoms with Gasteiger partial charge in [0.05, 0.1) is 26.7 Å². The van der Waals surface area contributed by atoms with Crippen LogP contribution in [0.4, 0.5) is 0 Å². The van der Waals surface area contributed by atoms with E-state index in [0.29, 0.717) is 18.8 Å². The molecule has 0 radical (unpaired) electrons. The van der Waals surface area contributed by atoms with E-state index in [4.69, 9.17) is 9.47 Å². The molecule has 3 rings (SSSR count). The summed E-state index contributed by atoms with van der Waals surface area (Å²) in [6.45, 7) is 1.21. The molecule has 9 nitrogen and oxygen atoms in total. The maximum absolute atomic E-state index is 13.1. The summed E-state index contributed by atoms with van der Waals surface area (Å²) >= 11 is 0. The van der Waals surface area contributed by atoms with Gasteiger partial charge in [0.25, 0.3) is 0 Å². The van der Waals surface area contributed by atoms with Gasteiger partial charge in [-0.05, 0) is 12.1 Å². The van der Waals surface area contributed by atoms with Crippen LogP contribution in [-0.2, 0) is 19.6 Å². The summed E-state index contributed by atoms with van der Waals surface area (Å²) in [6.07, 6.45) is 0.145. The molecule has 0 bridgehead atoms. The molecule has 2 aliphatic rings. The van der Waals surface area contributed by atoms with E-state index >= 15 is 0 Å². The van der Waals surface area contributed by atoms with Crippen LogP contribution in [0.3, 0.4) is 0 Å². The Morgan fingerprint density at radius 2 is 1.70 bits per heavy atom. The van der Waals surface area contributed by atoms with Crippen molar-refractivity contribution in [2.24, 2.45) is 0 Å². The quantitative estimate of drug-likeness (QED) is 0.633. The fourth-order valence-corrected chi connectivity index (χ4v) is 4.99. The van der Waals surface area contributed by atoms with Gasteiger partial charge in [0.15, 0.2) is 0 Å². The van der Waals surface area contributed by atoms with Gasteiger partial charge in [0.2, 0.25) is 21.8 Å². The molecule has 2 aliphatic heterocycles. The molecule has 2 fully saturated rings. The van der Waals surface area contributed by atoms with E-state index in [1.54, 1.807) is 12.1 Å². The Labute approximate surface area is 158 Å². The third kappa shape index (κ3) is 3.52. The van der Waals surface area contributed by atoms with Crippen molar-refractivity contribution in [3.63, 3.8) is 0 Å². The number of hydrogen-bond donors (Lipinski definition) is 0. The second-order valence-corrected chi connectivity index (χ2v) is 8.37. The van der Waals surface area contributed by atoms with Crippen molar-refractivity contribution >= 4 is 21.8 Å². The first-order valence-corrected chi connectivity index (χ1v) is 10.00. The normalized spacial score (nSPS) is 22.3. The first kappa shape index (κ1) is 19.6. The van der Waals surface area contributed by atoms with E-state index in [1.807, 2.05) is 4.90 Å². The van der Waals surface area contributed by atoms with Gasteiger partial charge in [-0.1, -0.05) is 0 Å². The molecular weight excluding hydrogens is 374 g/mol. The molecule has 0 aliphatic carbocycles. The molecule has 1 aromatic rings. The van der Waals surface area contributed by atoms with E-state index in [2.05, 4.69) is 0 Å². The van der Waals surface area contributed by atoms with E-state index in [0.717, 1.165) is 4.90 Å².